The predicted octanol–water partition coefficient (Wildman–Crippen LogP) is -3.21. The van der Waals surface area contributed by atoms with Gasteiger partial charge >= 0.3 is 0 Å². The second-order valence-corrected chi connectivity index (χ2v) is 4.96. The van der Waals surface area contributed by atoms with Crippen LogP contribution in [0.2, 0.25) is 0 Å². The number of hydrogen-bond acceptors (Lipinski definition) is 4. The summed E-state index contributed by atoms with van der Waals surface area (Å²) >= 11 is 0. The Morgan fingerprint density at radius 3 is 1.61 bits per heavy atom. The predicted molar refractivity (Wildman–Crippen MR) is 62.3 cm³/mol. The zero-order chi connectivity index (χ0) is 14.9. The summed E-state index contributed by atoms with van der Waals surface area (Å²) in [4.78, 5) is 20.2. The lowest BCUT2D eigenvalue weighted by Crippen LogP contribution is -2.70. The van der Waals surface area contributed by atoms with Gasteiger partial charge in [-0.3, -0.25) is 0 Å². The molecule has 0 aliphatic rings. The highest BCUT2D eigenvalue weighted by molar-refractivity contribution is 5.69. The van der Waals surface area contributed by atoms with Gasteiger partial charge in [0.15, 0.2) is 0 Å². The van der Waals surface area contributed by atoms with E-state index in [-0.39, 0.29) is 5.92 Å². The molecule has 0 bridgehead atoms. The molecular formula is C12H26N2O4. The summed E-state index contributed by atoms with van der Waals surface area (Å²) < 4.78 is 0. The van der Waals surface area contributed by atoms with Crippen molar-refractivity contribution in [3.05, 3.63) is 0 Å². The Balaban J connectivity index is 0. The molecule has 0 saturated carbocycles. The minimum absolute atomic E-state index is 0.120. The number of aliphatic carboxylic acids is 2. The van der Waals surface area contributed by atoms with Crippen LogP contribution in [0.5, 0.6) is 0 Å². The maximum absolute atomic E-state index is 10.1. The van der Waals surface area contributed by atoms with Crippen LogP contribution in [0.15, 0.2) is 0 Å². The Kier molecular flexibility index (Phi) is 10.5. The largest absolute Gasteiger partial charge is 0.544 e. The molecule has 0 saturated heterocycles. The van der Waals surface area contributed by atoms with E-state index in [9.17, 15) is 19.8 Å². The fourth-order valence-electron chi connectivity index (χ4n) is 1.18. The smallest absolute Gasteiger partial charge is 0.127 e. The molecular weight excluding hydrogens is 236 g/mol. The Labute approximate surface area is 108 Å². The third-order valence-corrected chi connectivity index (χ3v) is 2.72. The van der Waals surface area contributed by atoms with Gasteiger partial charge in [0.1, 0.15) is 12.1 Å². The first-order chi connectivity index (χ1) is 8.13. The zero-order valence-electron chi connectivity index (χ0n) is 11.8. The average Bonchev–Trinajstić information content (AvgIpc) is 2.26. The van der Waals surface area contributed by atoms with Crippen molar-refractivity contribution in [1.82, 2.24) is 0 Å². The highest BCUT2D eigenvalue weighted by Gasteiger charge is 2.14. The summed E-state index contributed by atoms with van der Waals surface area (Å²) in [6.45, 7) is 7.71. The first-order valence-electron chi connectivity index (χ1n) is 6.21. The van der Waals surface area contributed by atoms with Crippen LogP contribution in [-0.4, -0.2) is 24.0 Å². The van der Waals surface area contributed by atoms with Crippen LogP contribution >= 0.6 is 0 Å². The molecule has 0 amide bonds. The molecule has 0 fully saturated rings. The number of rotatable bonds is 6. The van der Waals surface area contributed by atoms with E-state index in [0.717, 1.165) is 6.42 Å². The van der Waals surface area contributed by atoms with Crippen molar-refractivity contribution in [2.75, 3.05) is 0 Å². The molecule has 0 aromatic carbocycles. The van der Waals surface area contributed by atoms with Gasteiger partial charge in [-0.25, -0.2) is 0 Å². The molecule has 3 atom stereocenters. The average molecular weight is 262 g/mol. The van der Waals surface area contributed by atoms with Crippen molar-refractivity contribution >= 4 is 11.9 Å². The lowest BCUT2D eigenvalue weighted by molar-refractivity contribution is -0.447. The third-order valence-electron chi connectivity index (χ3n) is 2.72. The summed E-state index contributed by atoms with van der Waals surface area (Å²) in [5.41, 5.74) is 6.86. The van der Waals surface area contributed by atoms with E-state index in [0.29, 0.717) is 12.3 Å². The fourth-order valence-corrected chi connectivity index (χ4v) is 1.18. The Morgan fingerprint density at radius 1 is 1.06 bits per heavy atom. The van der Waals surface area contributed by atoms with E-state index in [1.165, 1.54) is 0 Å². The number of carboxylic acids is 2. The topological polar surface area (TPSA) is 136 Å². The van der Waals surface area contributed by atoms with Gasteiger partial charge in [-0.15, -0.1) is 0 Å². The number of carbonyl (C=O) groups excluding carboxylic acids is 2. The van der Waals surface area contributed by atoms with Gasteiger partial charge in [-0.2, -0.15) is 0 Å². The van der Waals surface area contributed by atoms with Crippen molar-refractivity contribution in [2.24, 2.45) is 11.8 Å². The quantitative estimate of drug-likeness (QED) is 0.520. The van der Waals surface area contributed by atoms with Crippen molar-refractivity contribution in [3.63, 3.8) is 0 Å². The summed E-state index contributed by atoms with van der Waals surface area (Å²) in [5, 5.41) is 20.2. The van der Waals surface area contributed by atoms with Crippen LogP contribution in [-0.2, 0) is 9.59 Å². The number of carbonyl (C=O) groups is 2. The van der Waals surface area contributed by atoms with E-state index >= 15 is 0 Å². The van der Waals surface area contributed by atoms with E-state index in [2.05, 4.69) is 11.5 Å². The lowest BCUT2D eigenvalue weighted by Gasteiger charge is -2.14. The molecule has 0 heterocycles. The van der Waals surface area contributed by atoms with E-state index in [1.807, 2.05) is 27.7 Å². The minimum atomic E-state index is -1.05. The zero-order valence-corrected chi connectivity index (χ0v) is 11.8. The van der Waals surface area contributed by atoms with Crippen LogP contribution in [0.4, 0.5) is 0 Å². The Hall–Kier alpha value is -1.14. The molecule has 18 heavy (non-hydrogen) atoms. The molecule has 0 spiro atoms. The van der Waals surface area contributed by atoms with Crippen LogP contribution < -0.4 is 21.7 Å². The van der Waals surface area contributed by atoms with E-state index < -0.39 is 24.0 Å². The van der Waals surface area contributed by atoms with Crippen molar-refractivity contribution < 1.29 is 31.3 Å². The molecule has 0 aliphatic carbocycles. The highest BCUT2D eigenvalue weighted by atomic mass is 16.4. The number of carboxylic acid groups (broad SMARTS) is 2. The molecule has 0 rings (SSSR count). The van der Waals surface area contributed by atoms with Gasteiger partial charge in [0, 0.05) is 12.3 Å². The monoisotopic (exact) mass is 262 g/mol. The van der Waals surface area contributed by atoms with Gasteiger partial charge in [0.2, 0.25) is 0 Å². The first-order valence-corrected chi connectivity index (χ1v) is 6.21. The van der Waals surface area contributed by atoms with Crippen LogP contribution in [0.1, 0.15) is 40.5 Å². The van der Waals surface area contributed by atoms with Gasteiger partial charge in [0.05, 0.1) is 11.9 Å². The van der Waals surface area contributed by atoms with Crippen molar-refractivity contribution in [2.45, 2.75) is 52.6 Å². The van der Waals surface area contributed by atoms with Gasteiger partial charge in [0.25, 0.3) is 0 Å². The lowest BCUT2D eigenvalue weighted by atomic mass is 10.0. The first kappa shape index (κ1) is 19.2. The molecule has 0 radical (unpaired) electrons. The standard InChI is InChI=1S/2C6H13NO2/c1-4(2)3-5(7)6(8)9;1-3-4(2)5(7)6(8)9/h2*4-5H,3,7H2,1-2H3,(H,8,9)/t5-;4-,5+/m11/s1. The number of hydrogen-bond donors (Lipinski definition) is 2. The molecule has 6 N–H and O–H groups in total. The summed E-state index contributed by atoms with van der Waals surface area (Å²) in [6, 6.07) is -1.11. The molecule has 6 heteroatoms. The highest BCUT2D eigenvalue weighted by Crippen LogP contribution is 2.01. The molecule has 6 nitrogen and oxygen atoms in total. The second kappa shape index (κ2) is 9.85. The second-order valence-electron chi connectivity index (χ2n) is 4.96. The maximum atomic E-state index is 10.1. The van der Waals surface area contributed by atoms with Crippen molar-refractivity contribution in [3.8, 4) is 0 Å². The van der Waals surface area contributed by atoms with Crippen LogP contribution in [0, 0.1) is 11.8 Å². The molecule has 0 unspecified atom stereocenters. The molecule has 0 aromatic heterocycles. The SMILES string of the molecule is CC(C)C[C@@H]([NH3+])C(=O)[O-].CC[C@@H](C)[C@H]([NH3+])C(=O)[O-]. The van der Waals surface area contributed by atoms with Gasteiger partial charge < -0.3 is 31.3 Å². The summed E-state index contributed by atoms with van der Waals surface area (Å²) in [6.07, 6.45) is 1.44. The molecule has 108 valence electrons. The Bertz CT molecular complexity index is 256. The Morgan fingerprint density at radius 2 is 1.50 bits per heavy atom. The van der Waals surface area contributed by atoms with E-state index in [4.69, 9.17) is 0 Å². The van der Waals surface area contributed by atoms with Gasteiger partial charge in [-0.05, 0) is 12.3 Å². The minimum Gasteiger partial charge on any atom is -0.544 e. The summed E-state index contributed by atoms with van der Waals surface area (Å²) in [5.74, 6) is -1.60. The third kappa shape index (κ3) is 10.0. The fraction of sp³-hybridized carbons (Fsp3) is 0.833. The van der Waals surface area contributed by atoms with E-state index in [1.54, 1.807) is 0 Å². The normalized spacial score (nSPS) is 15.3. The molecule has 0 aliphatic heterocycles. The maximum Gasteiger partial charge on any atom is 0.127 e. The van der Waals surface area contributed by atoms with Crippen LogP contribution in [0.3, 0.4) is 0 Å². The summed E-state index contributed by atoms with van der Waals surface area (Å²) in [7, 11) is 0. The van der Waals surface area contributed by atoms with Crippen molar-refractivity contribution in [1.29, 1.82) is 0 Å². The number of quaternary nitrogens is 2. The van der Waals surface area contributed by atoms with Crippen LogP contribution in [0.25, 0.3) is 0 Å². The molecule has 0 aromatic rings. The van der Waals surface area contributed by atoms with Gasteiger partial charge in [-0.1, -0.05) is 27.7 Å².